The van der Waals surface area contributed by atoms with Gasteiger partial charge in [-0.15, -0.1) is 0 Å². The largest absolute Gasteiger partial charge is 0.497 e. The summed E-state index contributed by atoms with van der Waals surface area (Å²) < 4.78 is 15.9. The molecular weight excluding hydrogens is 380 g/mol. The minimum Gasteiger partial charge on any atom is -0.497 e. The fraction of sp³-hybridized carbons (Fsp3) is 0.120. The van der Waals surface area contributed by atoms with Crippen molar-refractivity contribution < 1.29 is 23.8 Å². The third-order valence-corrected chi connectivity index (χ3v) is 4.28. The van der Waals surface area contributed by atoms with E-state index in [1.54, 1.807) is 67.8 Å². The van der Waals surface area contributed by atoms with Gasteiger partial charge in [0.25, 0.3) is 0 Å². The highest BCUT2D eigenvalue weighted by Crippen LogP contribution is 2.14. The van der Waals surface area contributed by atoms with Gasteiger partial charge in [-0.1, -0.05) is 48.5 Å². The molecule has 3 aromatic rings. The Morgan fingerprint density at radius 3 is 2.10 bits per heavy atom. The van der Waals surface area contributed by atoms with E-state index in [1.165, 1.54) is 0 Å². The number of rotatable bonds is 9. The third-order valence-electron chi connectivity index (χ3n) is 4.28. The molecule has 0 spiro atoms. The van der Waals surface area contributed by atoms with Gasteiger partial charge in [-0.25, -0.2) is 4.79 Å². The Morgan fingerprint density at radius 2 is 1.43 bits per heavy atom. The molecule has 0 fully saturated rings. The molecule has 3 aromatic carbocycles. The molecule has 0 saturated heterocycles. The van der Waals surface area contributed by atoms with Gasteiger partial charge in [0.1, 0.15) is 24.7 Å². The topological polar surface area (TPSA) is 61.8 Å². The average Bonchev–Trinajstić information content (AvgIpc) is 2.81. The summed E-state index contributed by atoms with van der Waals surface area (Å²) in [5.41, 5.74) is 1.99. The molecule has 5 nitrogen and oxygen atoms in total. The maximum absolute atomic E-state index is 12.1. The van der Waals surface area contributed by atoms with Crippen LogP contribution in [0.15, 0.2) is 84.9 Å². The van der Waals surface area contributed by atoms with Crippen LogP contribution in [0, 0.1) is 0 Å². The van der Waals surface area contributed by atoms with Crippen LogP contribution in [0.5, 0.6) is 11.5 Å². The molecular formula is C25H22O5. The summed E-state index contributed by atoms with van der Waals surface area (Å²) in [6.45, 7) is 0.377. The Labute approximate surface area is 175 Å². The summed E-state index contributed by atoms with van der Waals surface area (Å²) in [7, 11) is 1.57. The summed E-state index contributed by atoms with van der Waals surface area (Å²) in [6.07, 6.45) is 3.31. The molecule has 0 bridgehead atoms. The molecule has 0 N–H and O–H groups in total. The maximum Gasteiger partial charge on any atom is 0.338 e. The lowest BCUT2D eigenvalue weighted by atomic mass is 10.1. The molecule has 30 heavy (non-hydrogen) atoms. The van der Waals surface area contributed by atoms with Gasteiger partial charge in [0, 0.05) is 5.56 Å². The predicted molar refractivity (Wildman–Crippen MR) is 115 cm³/mol. The van der Waals surface area contributed by atoms with Crippen molar-refractivity contribution in [1.82, 2.24) is 0 Å². The molecule has 0 amide bonds. The fourth-order valence-corrected chi connectivity index (χ4v) is 2.65. The third kappa shape index (κ3) is 6.07. The van der Waals surface area contributed by atoms with Gasteiger partial charge in [-0.05, 0) is 48.0 Å². The Morgan fingerprint density at radius 1 is 0.767 bits per heavy atom. The SMILES string of the molecule is COc1ccc(C(=O)OCCOc2ccc(/C=C/C(=O)c3ccccc3)cc2)cc1. The molecule has 0 unspecified atom stereocenters. The smallest absolute Gasteiger partial charge is 0.338 e. The second-order valence-electron chi connectivity index (χ2n) is 6.35. The zero-order valence-electron chi connectivity index (χ0n) is 16.6. The molecule has 0 aromatic heterocycles. The number of hydrogen-bond donors (Lipinski definition) is 0. The summed E-state index contributed by atoms with van der Waals surface area (Å²) >= 11 is 0. The number of hydrogen-bond acceptors (Lipinski definition) is 5. The van der Waals surface area contributed by atoms with Crippen molar-refractivity contribution in [2.75, 3.05) is 20.3 Å². The van der Waals surface area contributed by atoms with Crippen molar-refractivity contribution in [1.29, 1.82) is 0 Å². The number of ether oxygens (including phenoxy) is 3. The standard InChI is InChI=1S/C25H22O5/c1-28-22-14-10-21(11-15-22)25(27)30-18-17-29-23-12-7-19(8-13-23)9-16-24(26)20-5-3-2-4-6-20/h2-16H,17-18H2,1H3/b16-9+. The molecule has 0 saturated carbocycles. The Bertz CT molecular complexity index is 990. The minimum absolute atomic E-state index is 0.0467. The van der Waals surface area contributed by atoms with Crippen LogP contribution in [0.1, 0.15) is 26.3 Å². The number of carbonyl (C=O) groups excluding carboxylic acids is 2. The van der Waals surface area contributed by atoms with Crippen LogP contribution in [-0.2, 0) is 4.74 Å². The Balaban J connectivity index is 1.42. The Kier molecular flexibility index (Phi) is 7.39. The van der Waals surface area contributed by atoms with E-state index in [0.717, 1.165) is 5.56 Å². The number of allylic oxidation sites excluding steroid dienone is 1. The number of esters is 1. The van der Waals surface area contributed by atoms with E-state index >= 15 is 0 Å². The van der Waals surface area contributed by atoms with E-state index < -0.39 is 5.97 Å². The highest BCUT2D eigenvalue weighted by Gasteiger charge is 2.07. The maximum atomic E-state index is 12.1. The van der Waals surface area contributed by atoms with Gasteiger partial charge in [-0.3, -0.25) is 4.79 Å². The van der Waals surface area contributed by atoms with E-state index in [1.807, 2.05) is 30.3 Å². The summed E-state index contributed by atoms with van der Waals surface area (Å²) in [5, 5.41) is 0. The van der Waals surface area contributed by atoms with E-state index in [0.29, 0.717) is 22.6 Å². The van der Waals surface area contributed by atoms with Gasteiger partial charge in [0.05, 0.1) is 12.7 Å². The first kappa shape index (κ1) is 20.9. The molecule has 0 heterocycles. The van der Waals surface area contributed by atoms with Crippen LogP contribution in [0.25, 0.3) is 6.08 Å². The van der Waals surface area contributed by atoms with Crippen molar-refractivity contribution in [3.63, 3.8) is 0 Å². The van der Waals surface area contributed by atoms with Gasteiger partial charge >= 0.3 is 5.97 Å². The molecule has 3 rings (SSSR count). The van der Waals surface area contributed by atoms with Crippen molar-refractivity contribution in [3.05, 3.63) is 102 Å². The molecule has 0 radical (unpaired) electrons. The molecule has 0 atom stereocenters. The fourth-order valence-electron chi connectivity index (χ4n) is 2.65. The number of benzene rings is 3. The molecule has 0 aliphatic heterocycles. The first-order valence-corrected chi connectivity index (χ1v) is 9.47. The monoisotopic (exact) mass is 402 g/mol. The second-order valence-corrected chi connectivity index (χ2v) is 6.35. The highest BCUT2D eigenvalue weighted by molar-refractivity contribution is 6.06. The quantitative estimate of drug-likeness (QED) is 0.222. The van der Waals surface area contributed by atoms with E-state index in [-0.39, 0.29) is 19.0 Å². The van der Waals surface area contributed by atoms with Gasteiger partial charge in [0.2, 0.25) is 0 Å². The molecule has 0 aliphatic rings. The van der Waals surface area contributed by atoms with E-state index in [2.05, 4.69) is 0 Å². The normalized spacial score (nSPS) is 10.6. The molecule has 5 heteroatoms. The van der Waals surface area contributed by atoms with Crippen molar-refractivity contribution in [2.45, 2.75) is 0 Å². The Hall–Kier alpha value is -3.86. The van der Waals surface area contributed by atoms with Crippen molar-refractivity contribution >= 4 is 17.8 Å². The number of methoxy groups -OCH3 is 1. The van der Waals surface area contributed by atoms with Gasteiger partial charge < -0.3 is 14.2 Å². The average molecular weight is 402 g/mol. The zero-order valence-corrected chi connectivity index (χ0v) is 16.6. The summed E-state index contributed by atoms with van der Waals surface area (Å²) in [4.78, 5) is 24.1. The zero-order chi connectivity index (χ0) is 21.2. The van der Waals surface area contributed by atoms with Gasteiger partial charge in [-0.2, -0.15) is 0 Å². The summed E-state index contributed by atoms with van der Waals surface area (Å²) in [5.74, 6) is 0.874. The summed E-state index contributed by atoms with van der Waals surface area (Å²) in [6, 6.07) is 23.1. The first-order chi connectivity index (χ1) is 14.7. The number of ketones is 1. The molecule has 0 aliphatic carbocycles. The highest BCUT2D eigenvalue weighted by atomic mass is 16.6. The van der Waals surface area contributed by atoms with Crippen molar-refractivity contribution in [2.24, 2.45) is 0 Å². The lowest BCUT2D eigenvalue weighted by molar-refractivity contribution is 0.0450. The number of carbonyl (C=O) groups is 2. The lowest BCUT2D eigenvalue weighted by Gasteiger charge is -2.08. The van der Waals surface area contributed by atoms with Crippen molar-refractivity contribution in [3.8, 4) is 11.5 Å². The second kappa shape index (κ2) is 10.6. The van der Waals surface area contributed by atoms with Crippen LogP contribution >= 0.6 is 0 Å². The van der Waals surface area contributed by atoms with Crippen LogP contribution in [0.4, 0.5) is 0 Å². The van der Waals surface area contributed by atoms with Crippen LogP contribution in [0.2, 0.25) is 0 Å². The van der Waals surface area contributed by atoms with Gasteiger partial charge in [0.15, 0.2) is 5.78 Å². The minimum atomic E-state index is -0.412. The van der Waals surface area contributed by atoms with Crippen LogP contribution in [-0.4, -0.2) is 32.1 Å². The van der Waals surface area contributed by atoms with Crippen LogP contribution in [0.3, 0.4) is 0 Å². The lowest BCUT2D eigenvalue weighted by Crippen LogP contribution is -2.12. The first-order valence-electron chi connectivity index (χ1n) is 9.47. The predicted octanol–water partition coefficient (Wildman–Crippen LogP) is 4.83. The van der Waals surface area contributed by atoms with Crippen LogP contribution < -0.4 is 9.47 Å². The van der Waals surface area contributed by atoms with E-state index in [9.17, 15) is 9.59 Å². The molecule has 152 valence electrons. The van der Waals surface area contributed by atoms with E-state index in [4.69, 9.17) is 14.2 Å².